The fourth-order valence-corrected chi connectivity index (χ4v) is 2.48. The predicted octanol–water partition coefficient (Wildman–Crippen LogP) is -6.88. The highest BCUT2D eigenvalue weighted by molar-refractivity contribution is 5.77. The van der Waals surface area contributed by atoms with Crippen LogP contribution in [0.1, 0.15) is 59.8 Å². The number of carbonyl (C=O) groups excluding carboxylic acids is 2. The number of nitrogens with two attached hydrogens (primary N) is 2. The fraction of sp³-hybridized carbons (Fsp3) is 0.882. The smallest absolute Gasteiger partial charge is 0.275 e. The second kappa shape index (κ2) is 20.6. The molecule has 25 heavy (non-hydrogen) atoms. The van der Waals surface area contributed by atoms with Gasteiger partial charge in [0, 0.05) is 13.1 Å². The van der Waals surface area contributed by atoms with E-state index in [2.05, 4.69) is 49.0 Å². The highest BCUT2D eigenvalue weighted by Crippen LogP contribution is 1.88. The van der Waals surface area contributed by atoms with E-state index in [0.29, 0.717) is 38.3 Å². The maximum absolute atomic E-state index is 11.7. The van der Waals surface area contributed by atoms with Gasteiger partial charge in [-0.15, -0.1) is 0 Å². The molecule has 0 saturated heterocycles. The Labute approximate surface area is 187 Å². The molecule has 0 aromatic rings. The third-order valence-electron chi connectivity index (χ3n) is 4.37. The Bertz CT molecular complexity index is 296. The monoisotopic (exact) mass is 584 g/mol. The van der Waals surface area contributed by atoms with Crippen molar-refractivity contribution in [3.05, 3.63) is 0 Å². The molecule has 0 bridgehead atoms. The molecule has 0 heterocycles. The van der Waals surface area contributed by atoms with Crippen LogP contribution in [-0.4, -0.2) is 50.1 Å². The van der Waals surface area contributed by atoms with Gasteiger partial charge in [-0.3, -0.25) is 9.59 Å². The summed E-state index contributed by atoms with van der Waals surface area (Å²) in [6, 6.07) is 1.07. The van der Waals surface area contributed by atoms with Gasteiger partial charge in [0.2, 0.25) is 0 Å². The maximum Gasteiger partial charge on any atom is 0.275 e. The Morgan fingerprint density at radius 2 is 1.04 bits per heavy atom. The molecule has 0 fully saturated rings. The molecular weight excluding hydrogens is 546 g/mol. The topological polar surface area (TPSA) is 91.4 Å². The molecule has 0 rings (SSSR count). The first-order valence-electron chi connectivity index (χ1n) is 9.27. The third-order valence-corrected chi connectivity index (χ3v) is 4.37. The molecule has 0 radical (unpaired) electrons. The van der Waals surface area contributed by atoms with Crippen molar-refractivity contribution < 1.29 is 68.2 Å². The molecule has 0 aliphatic carbocycles. The lowest BCUT2D eigenvalue weighted by Crippen LogP contribution is -3.00. The Morgan fingerprint density at radius 1 is 0.720 bits per heavy atom. The highest BCUT2D eigenvalue weighted by Gasteiger charge is 2.10. The lowest BCUT2D eigenvalue weighted by Gasteiger charge is -2.12. The molecule has 6 nitrogen and oxygen atoms in total. The molecule has 0 unspecified atom stereocenters. The molecule has 0 spiro atoms. The van der Waals surface area contributed by atoms with Crippen molar-refractivity contribution in [1.82, 2.24) is 10.6 Å². The molecular formula is C17H38I2N4O2. The van der Waals surface area contributed by atoms with Gasteiger partial charge in [0.1, 0.15) is 0 Å². The summed E-state index contributed by atoms with van der Waals surface area (Å²) >= 11 is 0. The lowest BCUT2D eigenvalue weighted by atomic mass is 10.2. The number of amides is 2. The van der Waals surface area contributed by atoms with Gasteiger partial charge in [-0.2, -0.15) is 0 Å². The van der Waals surface area contributed by atoms with Crippen LogP contribution in [0.15, 0.2) is 0 Å². The van der Waals surface area contributed by atoms with Crippen LogP contribution in [0.5, 0.6) is 0 Å². The Kier molecular flexibility index (Phi) is 24.8. The molecule has 6 N–H and O–H groups in total. The van der Waals surface area contributed by atoms with E-state index in [1.165, 1.54) is 0 Å². The average Bonchev–Trinajstić information content (AvgIpc) is 2.56. The predicted molar refractivity (Wildman–Crippen MR) is 93.0 cm³/mol. The Morgan fingerprint density at radius 3 is 1.32 bits per heavy atom. The van der Waals surface area contributed by atoms with Crippen LogP contribution in [0.25, 0.3) is 0 Å². The molecule has 0 aliphatic rings. The number of carbonyl (C=O) groups is 2. The molecule has 0 aromatic carbocycles. The number of quaternary nitrogens is 2. The Hall–Kier alpha value is 0.320. The first kappa shape index (κ1) is 30.1. The van der Waals surface area contributed by atoms with Gasteiger partial charge in [0.05, 0.1) is 12.1 Å². The van der Waals surface area contributed by atoms with E-state index >= 15 is 0 Å². The largest absolute Gasteiger partial charge is 1.00 e. The van der Waals surface area contributed by atoms with E-state index < -0.39 is 0 Å². The average molecular weight is 584 g/mol. The summed E-state index contributed by atoms with van der Waals surface area (Å²) in [6.45, 7) is 10.8. The zero-order valence-electron chi connectivity index (χ0n) is 16.2. The van der Waals surface area contributed by atoms with E-state index in [9.17, 15) is 9.59 Å². The second-order valence-corrected chi connectivity index (χ2v) is 6.09. The standard InChI is InChI=1S/C17H36N4O2.2HI/c1-5-14(6-2)20-12-16(22)18-10-9-11-19-17(23)13-21-15(7-3)8-4;;/h14-15,20-21H,5-13H2,1-4H3,(H,18,22)(H,19,23);2*1H. The fourth-order valence-electron chi connectivity index (χ4n) is 2.48. The van der Waals surface area contributed by atoms with Gasteiger partial charge in [0.25, 0.3) is 11.8 Å². The number of hydrogen-bond acceptors (Lipinski definition) is 2. The van der Waals surface area contributed by atoms with Crippen molar-refractivity contribution in [3.8, 4) is 0 Å². The van der Waals surface area contributed by atoms with Crippen LogP contribution in [0.3, 0.4) is 0 Å². The van der Waals surface area contributed by atoms with Gasteiger partial charge in [0.15, 0.2) is 13.1 Å². The first-order valence-corrected chi connectivity index (χ1v) is 9.27. The van der Waals surface area contributed by atoms with Gasteiger partial charge < -0.3 is 69.2 Å². The molecule has 2 amide bonds. The van der Waals surface area contributed by atoms with E-state index in [1.807, 2.05) is 0 Å². The summed E-state index contributed by atoms with van der Waals surface area (Å²) < 4.78 is 0. The van der Waals surface area contributed by atoms with E-state index in [-0.39, 0.29) is 59.8 Å². The van der Waals surface area contributed by atoms with Crippen molar-refractivity contribution in [2.45, 2.75) is 71.9 Å². The van der Waals surface area contributed by atoms with Crippen LogP contribution in [0.4, 0.5) is 0 Å². The molecule has 152 valence electrons. The minimum atomic E-state index is 0. The van der Waals surface area contributed by atoms with Crippen LogP contribution >= 0.6 is 0 Å². The summed E-state index contributed by atoms with van der Waals surface area (Å²) in [5, 5.41) is 10.0. The highest BCUT2D eigenvalue weighted by atomic mass is 127. The molecule has 8 heteroatoms. The zero-order valence-corrected chi connectivity index (χ0v) is 20.6. The summed E-state index contributed by atoms with van der Waals surface area (Å²) in [4.78, 5) is 23.4. The quantitative estimate of drug-likeness (QED) is 0.121. The van der Waals surface area contributed by atoms with Gasteiger partial charge in [-0.05, 0) is 32.1 Å². The molecule has 0 aliphatic heterocycles. The minimum Gasteiger partial charge on any atom is -1.00 e. The van der Waals surface area contributed by atoms with E-state index in [4.69, 9.17) is 0 Å². The van der Waals surface area contributed by atoms with E-state index in [1.54, 1.807) is 0 Å². The number of rotatable bonds is 14. The molecule has 0 aromatic heterocycles. The van der Waals surface area contributed by atoms with Gasteiger partial charge in [-0.25, -0.2) is 0 Å². The van der Waals surface area contributed by atoms with Gasteiger partial charge in [-0.1, -0.05) is 27.7 Å². The van der Waals surface area contributed by atoms with Crippen molar-refractivity contribution in [2.24, 2.45) is 0 Å². The van der Waals surface area contributed by atoms with Crippen molar-refractivity contribution in [1.29, 1.82) is 0 Å². The number of nitrogens with one attached hydrogen (secondary N) is 2. The second-order valence-electron chi connectivity index (χ2n) is 6.09. The minimum absolute atomic E-state index is 0. The number of hydrogen-bond donors (Lipinski definition) is 4. The number of halogens is 2. The van der Waals surface area contributed by atoms with Crippen LogP contribution in [0, 0.1) is 0 Å². The van der Waals surface area contributed by atoms with Crippen molar-refractivity contribution in [2.75, 3.05) is 26.2 Å². The SMILES string of the molecule is CCC(CC)[NH2+]CC(=O)NCCCNC(=O)C[NH2+]C(CC)CC.[I-].[I-]. The summed E-state index contributed by atoms with van der Waals surface area (Å²) in [5.74, 6) is 0.149. The third kappa shape index (κ3) is 17.5. The van der Waals surface area contributed by atoms with Crippen LogP contribution < -0.4 is 69.2 Å². The zero-order chi connectivity index (χ0) is 17.5. The summed E-state index contributed by atoms with van der Waals surface area (Å²) in [7, 11) is 0. The lowest BCUT2D eigenvalue weighted by molar-refractivity contribution is -0.679. The van der Waals surface area contributed by atoms with Crippen LogP contribution in [0.2, 0.25) is 0 Å². The first-order chi connectivity index (χ1) is 11.1. The van der Waals surface area contributed by atoms with Crippen LogP contribution in [-0.2, 0) is 9.59 Å². The van der Waals surface area contributed by atoms with Crippen molar-refractivity contribution in [3.63, 3.8) is 0 Å². The van der Waals surface area contributed by atoms with E-state index in [0.717, 1.165) is 32.1 Å². The molecule has 0 atom stereocenters. The van der Waals surface area contributed by atoms with Crippen molar-refractivity contribution >= 4 is 11.8 Å². The summed E-state index contributed by atoms with van der Waals surface area (Å²) in [6.07, 6.45) is 5.12. The Balaban J connectivity index is -0.00000242. The maximum atomic E-state index is 11.7. The summed E-state index contributed by atoms with van der Waals surface area (Å²) in [5.41, 5.74) is 0. The van der Waals surface area contributed by atoms with Gasteiger partial charge >= 0.3 is 0 Å². The normalized spacial score (nSPS) is 10.2. The molecule has 0 saturated carbocycles.